The van der Waals surface area contributed by atoms with Gasteiger partial charge in [-0.05, 0) is 44.2 Å². The predicted octanol–water partition coefficient (Wildman–Crippen LogP) is 3.37. The van der Waals surface area contributed by atoms with Crippen molar-refractivity contribution in [2.24, 2.45) is 0 Å². The van der Waals surface area contributed by atoms with Gasteiger partial charge in [-0.2, -0.15) is 0 Å². The zero-order valence-corrected chi connectivity index (χ0v) is 12.7. The van der Waals surface area contributed by atoms with Crippen molar-refractivity contribution in [1.29, 1.82) is 0 Å². The van der Waals surface area contributed by atoms with Crippen LogP contribution in [-0.4, -0.2) is 27.3 Å². The summed E-state index contributed by atoms with van der Waals surface area (Å²) < 4.78 is 5.82. The molecule has 22 heavy (non-hydrogen) atoms. The molecule has 5 nitrogen and oxygen atoms in total. The molecule has 0 radical (unpaired) electrons. The SMILES string of the molecule is Cc1cc(-c2cnc(OC3CCCCC3)nc2)ncc1C=O. The van der Waals surface area contributed by atoms with Gasteiger partial charge in [0.25, 0.3) is 0 Å². The monoisotopic (exact) mass is 297 g/mol. The molecule has 114 valence electrons. The van der Waals surface area contributed by atoms with Crippen LogP contribution in [0.25, 0.3) is 11.3 Å². The first-order valence-corrected chi connectivity index (χ1v) is 7.67. The molecule has 2 aromatic heterocycles. The molecule has 0 N–H and O–H groups in total. The van der Waals surface area contributed by atoms with Crippen molar-refractivity contribution in [2.45, 2.75) is 45.1 Å². The van der Waals surface area contributed by atoms with E-state index in [1.807, 2.05) is 13.0 Å². The lowest BCUT2D eigenvalue weighted by molar-refractivity contribution is 0.112. The largest absolute Gasteiger partial charge is 0.460 e. The second-order valence-electron chi connectivity index (χ2n) is 5.68. The van der Waals surface area contributed by atoms with Gasteiger partial charge < -0.3 is 4.74 Å². The van der Waals surface area contributed by atoms with Crippen LogP contribution in [0.15, 0.2) is 24.7 Å². The molecule has 0 unspecified atom stereocenters. The fraction of sp³-hybridized carbons (Fsp3) is 0.412. The van der Waals surface area contributed by atoms with E-state index in [1.54, 1.807) is 18.6 Å². The third-order valence-electron chi connectivity index (χ3n) is 4.03. The molecule has 0 atom stereocenters. The van der Waals surface area contributed by atoms with Crippen molar-refractivity contribution in [1.82, 2.24) is 15.0 Å². The molecule has 0 aromatic carbocycles. The normalized spacial score (nSPS) is 15.5. The van der Waals surface area contributed by atoms with E-state index in [2.05, 4.69) is 15.0 Å². The second-order valence-corrected chi connectivity index (χ2v) is 5.68. The van der Waals surface area contributed by atoms with Gasteiger partial charge in [0.15, 0.2) is 6.29 Å². The highest BCUT2D eigenvalue weighted by Crippen LogP contribution is 2.23. The fourth-order valence-electron chi connectivity index (χ4n) is 2.69. The molecular weight excluding hydrogens is 278 g/mol. The topological polar surface area (TPSA) is 65.0 Å². The highest BCUT2D eigenvalue weighted by atomic mass is 16.5. The van der Waals surface area contributed by atoms with Crippen molar-refractivity contribution in [3.63, 3.8) is 0 Å². The summed E-state index contributed by atoms with van der Waals surface area (Å²) in [6.45, 7) is 1.89. The number of carbonyl (C=O) groups excluding carboxylic acids is 1. The first-order chi connectivity index (χ1) is 10.8. The maximum absolute atomic E-state index is 10.8. The number of hydrogen-bond acceptors (Lipinski definition) is 5. The van der Waals surface area contributed by atoms with Crippen LogP contribution in [-0.2, 0) is 0 Å². The van der Waals surface area contributed by atoms with Crippen LogP contribution in [0.2, 0.25) is 0 Å². The molecule has 0 amide bonds. The van der Waals surface area contributed by atoms with Gasteiger partial charge in [0, 0.05) is 29.7 Å². The lowest BCUT2D eigenvalue weighted by atomic mass is 9.98. The maximum atomic E-state index is 10.8. The van der Waals surface area contributed by atoms with E-state index in [1.165, 1.54) is 19.3 Å². The van der Waals surface area contributed by atoms with Crippen LogP contribution < -0.4 is 4.74 Å². The van der Waals surface area contributed by atoms with E-state index in [-0.39, 0.29) is 6.10 Å². The molecule has 3 rings (SSSR count). The number of pyridine rings is 1. The minimum Gasteiger partial charge on any atom is -0.460 e. The predicted molar refractivity (Wildman–Crippen MR) is 82.9 cm³/mol. The summed E-state index contributed by atoms with van der Waals surface area (Å²) in [5.41, 5.74) is 3.06. The highest BCUT2D eigenvalue weighted by Gasteiger charge is 2.16. The van der Waals surface area contributed by atoms with E-state index in [9.17, 15) is 4.79 Å². The summed E-state index contributed by atoms with van der Waals surface area (Å²) in [6.07, 6.45) is 11.9. The molecule has 2 aromatic rings. The number of carbonyl (C=O) groups is 1. The number of hydrogen-bond donors (Lipinski definition) is 0. The molecule has 2 heterocycles. The van der Waals surface area contributed by atoms with Crippen LogP contribution in [0, 0.1) is 6.92 Å². The van der Waals surface area contributed by atoms with Crippen LogP contribution in [0.5, 0.6) is 6.01 Å². The Labute approximate surface area is 129 Å². The molecule has 1 aliphatic rings. The average molecular weight is 297 g/mol. The first-order valence-electron chi connectivity index (χ1n) is 7.67. The van der Waals surface area contributed by atoms with Crippen LogP contribution in [0.3, 0.4) is 0 Å². The molecule has 1 fully saturated rings. The average Bonchev–Trinajstić information content (AvgIpc) is 2.56. The van der Waals surface area contributed by atoms with Crippen molar-refractivity contribution in [3.05, 3.63) is 35.8 Å². The van der Waals surface area contributed by atoms with Crippen LogP contribution >= 0.6 is 0 Å². The molecule has 1 aliphatic carbocycles. The first kappa shape index (κ1) is 14.6. The van der Waals surface area contributed by atoms with Crippen molar-refractivity contribution >= 4 is 6.29 Å². The highest BCUT2D eigenvalue weighted by molar-refractivity contribution is 5.77. The summed E-state index contributed by atoms with van der Waals surface area (Å²) in [4.78, 5) is 23.7. The second kappa shape index (κ2) is 6.64. The lowest BCUT2D eigenvalue weighted by Crippen LogP contribution is -2.20. The number of nitrogens with zero attached hydrogens (tertiary/aromatic N) is 3. The number of aromatic nitrogens is 3. The number of aldehydes is 1. The van der Waals surface area contributed by atoms with Crippen LogP contribution in [0.1, 0.15) is 48.0 Å². The summed E-state index contributed by atoms with van der Waals surface area (Å²) in [7, 11) is 0. The smallest absolute Gasteiger partial charge is 0.316 e. The Morgan fingerprint density at radius 2 is 1.82 bits per heavy atom. The van der Waals surface area contributed by atoms with Gasteiger partial charge in [0.2, 0.25) is 0 Å². The Bertz CT molecular complexity index is 649. The third-order valence-corrected chi connectivity index (χ3v) is 4.03. The number of aryl methyl sites for hydroxylation is 1. The summed E-state index contributed by atoms with van der Waals surface area (Å²) >= 11 is 0. The minimum absolute atomic E-state index is 0.242. The lowest BCUT2D eigenvalue weighted by Gasteiger charge is -2.21. The molecular formula is C17H19N3O2. The molecule has 1 saturated carbocycles. The zero-order valence-electron chi connectivity index (χ0n) is 12.7. The Morgan fingerprint density at radius 1 is 1.09 bits per heavy atom. The summed E-state index contributed by atoms with van der Waals surface area (Å²) in [5.74, 6) is 0. The zero-order chi connectivity index (χ0) is 15.4. The Hall–Kier alpha value is -2.30. The van der Waals surface area contributed by atoms with E-state index in [0.29, 0.717) is 11.6 Å². The summed E-state index contributed by atoms with van der Waals surface area (Å²) in [6, 6.07) is 2.29. The molecule has 0 saturated heterocycles. The van der Waals surface area contributed by atoms with Crippen molar-refractivity contribution < 1.29 is 9.53 Å². The maximum Gasteiger partial charge on any atom is 0.316 e. The number of rotatable bonds is 4. The van der Waals surface area contributed by atoms with Gasteiger partial charge in [-0.25, -0.2) is 9.97 Å². The van der Waals surface area contributed by atoms with Gasteiger partial charge >= 0.3 is 6.01 Å². The standard InChI is InChI=1S/C17H19N3O2/c1-12-7-16(18-10-14(12)11-21)13-8-19-17(20-9-13)22-15-5-3-2-4-6-15/h7-11,15H,2-6H2,1H3. The van der Waals surface area contributed by atoms with E-state index < -0.39 is 0 Å². The van der Waals surface area contributed by atoms with Gasteiger partial charge in [-0.15, -0.1) is 0 Å². The van der Waals surface area contributed by atoms with Crippen molar-refractivity contribution in [3.8, 4) is 17.3 Å². The number of ether oxygens (including phenoxy) is 1. The van der Waals surface area contributed by atoms with E-state index in [0.717, 1.165) is 35.9 Å². The third kappa shape index (κ3) is 3.30. The molecule has 5 heteroatoms. The summed E-state index contributed by atoms with van der Waals surface area (Å²) in [5, 5.41) is 0. The molecule has 0 bridgehead atoms. The van der Waals surface area contributed by atoms with Gasteiger partial charge in [0.05, 0.1) is 5.69 Å². The van der Waals surface area contributed by atoms with Gasteiger partial charge in [-0.3, -0.25) is 9.78 Å². The minimum atomic E-state index is 0.242. The van der Waals surface area contributed by atoms with Gasteiger partial charge in [0.1, 0.15) is 6.10 Å². The van der Waals surface area contributed by atoms with Crippen molar-refractivity contribution in [2.75, 3.05) is 0 Å². The van der Waals surface area contributed by atoms with E-state index in [4.69, 9.17) is 4.74 Å². The Morgan fingerprint density at radius 3 is 2.45 bits per heavy atom. The quantitative estimate of drug-likeness (QED) is 0.809. The van der Waals surface area contributed by atoms with E-state index >= 15 is 0 Å². The van der Waals surface area contributed by atoms with Gasteiger partial charge in [-0.1, -0.05) is 6.42 Å². The Balaban J connectivity index is 1.73. The van der Waals surface area contributed by atoms with Crippen LogP contribution in [0.4, 0.5) is 0 Å². The molecule has 0 aliphatic heterocycles. The Kier molecular flexibility index (Phi) is 4.42. The fourth-order valence-corrected chi connectivity index (χ4v) is 2.69. The molecule has 0 spiro atoms.